The number of rotatable bonds is 0. The molecule has 1 aliphatic rings. The molecule has 1 rings (SSSR count). The molecule has 0 aliphatic carbocycles. The SMILES string of the molecule is [2H]C1([2H])CN(C(=O)OC(C)(C)C)CC([2H])([2H])C1C#N. The Balaban J connectivity index is 2.92. The Morgan fingerprint density at radius 1 is 1.53 bits per heavy atom. The third kappa shape index (κ3) is 3.78. The van der Waals surface area contributed by atoms with Crippen LogP contribution in [-0.2, 0) is 4.74 Å². The van der Waals surface area contributed by atoms with Crippen LogP contribution >= 0.6 is 0 Å². The summed E-state index contributed by atoms with van der Waals surface area (Å²) in [4.78, 5) is 12.9. The number of piperidine rings is 1. The Kier molecular flexibility index (Phi) is 2.14. The normalized spacial score (nSPS) is 29.1. The van der Waals surface area contributed by atoms with Crippen molar-refractivity contribution >= 4 is 6.09 Å². The van der Waals surface area contributed by atoms with Crippen LogP contribution in [0.15, 0.2) is 0 Å². The van der Waals surface area contributed by atoms with E-state index < -0.39 is 30.4 Å². The molecular weight excluding hydrogens is 192 g/mol. The van der Waals surface area contributed by atoms with E-state index in [2.05, 4.69) is 0 Å². The van der Waals surface area contributed by atoms with Gasteiger partial charge in [0.05, 0.1) is 6.07 Å². The van der Waals surface area contributed by atoms with E-state index in [0.29, 0.717) is 0 Å². The quantitative estimate of drug-likeness (QED) is 0.621. The molecule has 0 saturated carbocycles. The van der Waals surface area contributed by atoms with Crippen LogP contribution < -0.4 is 0 Å². The Labute approximate surface area is 96.4 Å². The largest absolute Gasteiger partial charge is 0.444 e. The van der Waals surface area contributed by atoms with Gasteiger partial charge in [-0.15, -0.1) is 0 Å². The lowest BCUT2D eigenvalue weighted by atomic mass is 9.99. The lowest BCUT2D eigenvalue weighted by molar-refractivity contribution is 0.0199. The van der Waals surface area contributed by atoms with Crippen molar-refractivity contribution < 1.29 is 15.0 Å². The van der Waals surface area contributed by atoms with Crippen molar-refractivity contribution in [2.45, 2.75) is 39.1 Å². The summed E-state index contributed by atoms with van der Waals surface area (Å²) < 4.78 is 36.1. The van der Waals surface area contributed by atoms with E-state index in [9.17, 15) is 4.79 Å². The average molecular weight is 214 g/mol. The molecule has 0 radical (unpaired) electrons. The van der Waals surface area contributed by atoms with Crippen molar-refractivity contribution in [3.63, 3.8) is 0 Å². The zero-order valence-corrected chi connectivity index (χ0v) is 9.20. The molecule has 0 aromatic heterocycles. The van der Waals surface area contributed by atoms with Gasteiger partial charge in [-0.05, 0) is 33.5 Å². The molecule has 1 heterocycles. The molecular formula is C11H18N2O2. The van der Waals surface area contributed by atoms with Crippen molar-refractivity contribution in [2.75, 3.05) is 13.1 Å². The van der Waals surface area contributed by atoms with Gasteiger partial charge in [-0.2, -0.15) is 5.26 Å². The summed E-state index contributed by atoms with van der Waals surface area (Å²) in [6.45, 7) is 4.34. The van der Waals surface area contributed by atoms with Crippen LogP contribution in [0.5, 0.6) is 0 Å². The molecule has 1 amide bonds. The van der Waals surface area contributed by atoms with E-state index in [1.54, 1.807) is 26.8 Å². The highest BCUT2D eigenvalue weighted by Crippen LogP contribution is 2.18. The number of ether oxygens (including phenoxy) is 1. The monoisotopic (exact) mass is 214 g/mol. The first-order valence-corrected chi connectivity index (χ1v) is 4.77. The summed E-state index contributed by atoms with van der Waals surface area (Å²) in [6, 6.07) is 1.66. The molecule has 1 aliphatic heterocycles. The first-order chi connectivity index (χ1) is 8.39. The number of likely N-dealkylation sites (tertiary alicyclic amines) is 1. The highest BCUT2D eigenvalue weighted by Gasteiger charge is 2.26. The molecule has 15 heavy (non-hydrogen) atoms. The van der Waals surface area contributed by atoms with Gasteiger partial charge in [0, 0.05) is 24.5 Å². The number of amides is 1. The Morgan fingerprint density at radius 3 is 2.47 bits per heavy atom. The first kappa shape index (κ1) is 7.10. The molecule has 0 bridgehead atoms. The minimum Gasteiger partial charge on any atom is -0.444 e. The second-order valence-electron chi connectivity index (χ2n) is 4.31. The van der Waals surface area contributed by atoms with Crippen LogP contribution in [0.4, 0.5) is 4.79 Å². The minimum atomic E-state index is -2.10. The second-order valence-corrected chi connectivity index (χ2v) is 4.31. The highest BCUT2D eigenvalue weighted by atomic mass is 16.6. The molecule has 84 valence electrons. The second kappa shape index (κ2) is 4.52. The van der Waals surface area contributed by atoms with Crippen molar-refractivity contribution in [1.29, 1.82) is 5.26 Å². The fraction of sp³-hybridized carbons (Fsp3) is 0.818. The van der Waals surface area contributed by atoms with Gasteiger partial charge < -0.3 is 9.64 Å². The van der Waals surface area contributed by atoms with Crippen molar-refractivity contribution in [2.24, 2.45) is 5.92 Å². The Bertz CT molecular complexity index is 394. The van der Waals surface area contributed by atoms with Gasteiger partial charge in [0.25, 0.3) is 0 Å². The van der Waals surface area contributed by atoms with E-state index in [1.165, 1.54) is 0 Å². The number of carbonyl (C=O) groups is 1. The first-order valence-electron chi connectivity index (χ1n) is 6.77. The zero-order valence-electron chi connectivity index (χ0n) is 13.2. The van der Waals surface area contributed by atoms with E-state index in [0.717, 1.165) is 4.90 Å². The van der Waals surface area contributed by atoms with Gasteiger partial charge in [0.2, 0.25) is 0 Å². The number of hydrogen-bond acceptors (Lipinski definition) is 3. The molecule has 4 nitrogen and oxygen atoms in total. The summed E-state index contributed by atoms with van der Waals surface area (Å²) in [5.74, 6) is -1.40. The van der Waals surface area contributed by atoms with Gasteiger partial charge >= 0.3 is 6.09 Å². The van der Waals surface area contributed by atoms with Gasteiger partial charge in [0.1, 0.15) is 5.60 Å². The summed E-state index contributed by atoms with van der Waals surface area (Å²) in [5, 5.41) is 8.91. The van der Waals surface area contributed by atoms with Gasteiger partial charge in [-0.25, -0.2) is 4.79 Å². The number of nitrogens with zero attached hydrogens (tertiary/aromatic N) is 2. The maximum atomic E-state index is 11.9. The molecule has 0 aromatic carbocycles. The number of nitriles is 1. The van der Waals surface area contributed by atoms with Gasteiger partial charge in [-0.1, -0.05) is 0 Å². The third-order valence-corrected chi connectivity index (χ3v) is 1.75. The lowest BCUT2D eigenvalue weighted by Gasteiger charge is -2.31. The maximum Gasteiger partial charge on any atom is 0.410 e. The third-order valence-electron chi connectivity index (χ3n) is 1.75. The molecule has 0 unspecified atom stereocenters. The van der Waals surface area contributed by atoms with Crippen LogP contribution in [0.2, 0.25) is 0 Å². The van der Waals surface area contributed by atoms with E-state index in [1.807, 2.05) is 0 Å². The molecule has 0 N–H and O–H groups in total. The molecule has 1 fully saturated rings. The zero-order chi connectivity index (χ0) is 15.1. The van der Waals surface area contributed by atoms with Crippen LogP contribution in [0.3, 0.4) is 0 Å². The maximum absolute atomic E-state index is 11.9. The topological polar surface area (TPSA) is 53.3 Å². The molecule has 1 saturated heterocycles. The van der Waals surface area contributed by atoms with Crippen molar-refractivity contribution in [1.82, 2.24) is 4.90 Å². The molecule has 4 heteroatoms. The minimum absolute atomic E-state index is 0.348. The lowest BCUT2D eigenvalue weighted by Crippen LogP contribution is -2.41. The summed E-state index contributed by atoms with van der Waals surface area (Å²) in [6.07, 6.45) is -4.97. The number of carbonyl (C=O) groups excluding carboxylic acids is 1. The highest BCUT2D eigenvalue weighted by molar-refractivity contribution is 5.68. The van der Waals surface area contributed by atoms with Crippen molar-refractivity contribution in [3.8, 4) is 6.07 Å². The fourth-order valence-electron chi connectivity index (χ4n) is 1.08. The van der Waals surface area contributed by atoms with Crippen LogP contribution in [0.1, 0.15) is 39.0 Å². The van der Waals surface area contributed by atoms with Gasteiger partial charge in [0.15, 0.2) is 0 Å². The van der Waals surface area contributed by atoms with Crippen molar-refractivity contribution in [3.05, 3.63) is 0 Å². The van der Waals surface area contributed by atoms with E-state index in [-0.39, 0.29) is 13.1 Å². The molecule has 0 atom stereocenters. The standard InChI is InChI=1S/C11H18N2O2/c1-11(2,3)15-10(14)13-6-4-9(8-12)5-7-13/h9H,4-7H2,1-3H3/i4D2,5D2. The summed E-state index contributed by atoms with van der Waals surface area (Å²) in [5.41, 5.74) is -0.734. The Morgan fingerprint density at radius 2 is 2.07 bits per heavy atom. The van der Waals surface area contributed by atoms with Crippen LogP contribution in [0.25, 0.3) is 0 Å². The average Bonchev–Trinajstić information content (AvgIpc) is 2.11. The number of hydrogen-bond donors (Lipinski definition) is 0. The smallest absolute Gasteiger partial charge is 0.410 e. The van der Waals surface area contributed by atoms with Crippen LogP contribution in [0, 0.1) is 17.2 Å². The Hall–Kier alpha value is -1.24. The molecule has 0 spiro atoms. The summed E-state index contributed by atoms with van der Waals surface area (Å²) in [7, 11) is 0. The summed E-state index contributed by atoms with van der Waals surface area (Å²) >= 11 is 0. The van der Waals surface area contributed by atoms with Crippen LogP contribution in [-0.4, -0.2) is 29.7 Å². The molecule has 0 aromatic rings. The predicted octanol–water partition coefficient (Wildman–Crippen LogP) is 2.16. The van der Waals surface area contributed by atoms with E-state index >= 15 is 0 Å². The van der Waals surface area contributed by atoms with E-state index in [4.69, 9.17) is 15.5 Å². The predicted molar refractivity (Wildman–Crippen MR) is 56.1 cm³/mol. The van der Waals surface area contributed by atoms with Gasteiger partial charge in [-0.3, -0.25) is 0 Å². The fourth-order valence-corrected chi connectivity index (χ4v) is 1.08.